The van der Waals surface area contributed by atoms with Gasteiger partial charge in [-0.1, -0.05) is 18.2 Å². The van der Waals surface area contributed by atoms with E-state index in [-0.39, 0.29) is 6.54 Å². The Bertz CT molecular complexity index is 1190. The molecule has 1 unspecified atom stereocenters. The Morgan fingerprint density at radius 3 is 2.30 bits per heavy atom. The minimum atomic E-state index is -3.26. The first kappa shape index (κ1) is 24.4. The number of anilines is 1. The average Bonchev–Trinajstić information content (AvgIpc) is 3.24. The largest absolute Gasteiger partial charge is 0.457 e. The van der Waals surface area contributed by atoms with Gasteiger partial charge >= 0.3 is 5.97 Å². The lowest BCUT2D eigenvalue weighted by atomic mass is 10.2. The number of hydrogen-bond acceptors (Lipinski definition) is 7. The van der Waals surface area contributed by atoms with Crippen LogP contribution in [0, 0.1) is 0 Å². The highest BCUT2D eigenvalue weighted by molar-refractivity contribution is 7.88. The summed E-state index contributed by atoms with van der Waals surface area (Å²) >= 11 is 1.20. The van der Waals surface area contributed by atoms with Gasteiger partial charge in [0.15, 0.2) is 6.10 Å². The van der Waals surface area contributed by atoms with Crippen LogP contribution >= 0.6 is 11.3 Å². The van der Waals surface area contributed by atoms with Gasteiger partial charge in [-0.15, -0.1) is 11.3 Å². The smallest absolute Gasteiger partial charge is 0.349 e. The molecule has 0 spiro atoms. The molecule has 2 N–H and O–H groups in total. The van der Waals surface area contributed by atoms with E-state index in [1.807, 2.05) is 30.3 Å². The molecule has 3 aromatic rings. The monoisotopic (exact) mass is 488 g/mol. The molecule has 0 fully saturated rings. The number of hydrogen-bond donors (Lipinski definition) is 2. The Hall–Kier alpha value is -3.21. The quantitative estimate of drug-likeness (QED) is 0.420. The summed E-state index contributed by atoms with van der Waals surface area (Å²) in [6, 6.07) is 19.5. The third-order valence-corrected chi connectivity index (χ3v) is 6.21. The van der Waals surface area contributed by atoms with E-state index in [2.05, 4.69) is 10.0 Å². The van der Waals surface area contributed by atoms with Crippen LogP contribution in [0.1, 0.15) is 21.5 Å². The average molecular weight is 489 g/mol. The number of carbonyl (C=O) groups is 2. The highest BCUT2D eigenvalue weighted by atomic mass is 32.2. The van der Waals surface area contributed by atoms with Crippen molar-refractivity contribution in [2.45, 2.75) is 19.4 Å². The van der Waals surface area contributed by atoms with E-state index >= 15 is 0 Å². The summed E-state index contributed by atoms with van der Waals surface area (Å²) in [5, 5.41) is 2.70. The van der Waals surface area contributed by atoms with Gasteiger partial charge in [0.1, 0.15) is 16.4 Å². The van der Waals surface area contributed by atoms with Crippen LogP contribution in [0.3, 0.4) is 0 Å². The van der Waals surface area contributed by atoms with E-state index in [9.17, 15) is 18.0 Å². The molecule has 10 heteroatoms. The Labute approximate surface area is 196 Å². The number of nitrogens with one attached hydrogen (secondary N) is 2. The number of carbonyl (C=O) groups excluding carboxylic acids is 2. The van der Waals surface area contributed by atoms with Gasteiger partial charge in [-0.25, -0.2) is 17.9 Å². The lowest BCUT2D eigenvalue weighted by Gasteiger charge is -2.13. The molecular weight excluding hydrogens is 464 g/mol. The fourth-order valence-electron chi connectivity index (χ4n) is 2.73. The summed E-state index contributed by atoms with van der Waals surface area (Å²) in [4.78, 5) is 25.9. The molecule has 2 aromatic carbocycles. The number of rotatable bonds is 10. The van der Waals surface area contributed by atoms with Crippen molar-refractivity contribution in [3.05, 3.63) is 76.5 Å². The second-order valence-corrected chi connectivity index (χ2v) is 10.2. The third kappa shape index (κ3) is 8.01. The maximum absolute atomic E-state index is 12.4. The number of thiophene rings is 1. The second-order valence-electron chi connectivity index (χ2n) is 7.16. The van der Waals surface area contributed by atoms with Crippen molar-refractivity contribution in [3.8, 4) is 11.5 Å². The minimum Gasteiger partial charge on any atom is -0.457 e. The molecule has 0 saturated carbocycles. The van der Waals surface area contributed by atoms with Crippen LogP contribution in [0.25, 0.3) is 0 Å². The number of ether oxygens (including phenoxy) is 2. The van der Waals surface area contributed by atoms with Crippen molar-refractivity contribution < 1.29 is 27.5 Å². The van der Waals surface area contributed by atoms with E-state index in [1.165, 1.54) is 18.3 Å². The fourth-order valence-corrected chi connectivity index (χ4v) is 4.09. The zero-order valence-electron chi connectivity index (χ0n) is 18.1. The summed E-state index contributed by atoms with van der Waals surface area (Å²) in [5.74, 6) is 0.253. The third-order valence-electron chi connectivity index (χ3n) is 4.35. The topological polar surface area (TPSA) is 111 Å². The standard InChI is InChI=1S/C23H24N2O6S2/c1-16(30-23(27)21-13-12-20(32-21)14-15-24-33(2,28)29)22(26)25-17-8-10-19(11-9-17)31-18-6-4-3-5-7-18/h3-13,16,24H,14-15H2,1-2H3,(H,25,26). The molecule has 0 aliphatic carbocycles. The van der Waals surface area contributed by atoms with E-state index in [1.54, 1.807) is 36.4 Å². The van der Waals surface area contributed by atoms with E-state index in [0.717, 1.165) is 11.1 Å². The summed E-state index contributed by atoms with van der Waals surface area (Å²) < 4.78 is 35.6. The predicted octanol–water partition coefficient (Wildman–Crippen LogP) is 3.82. The Morgan fingerprint density at radius 1 is 0.970 bits per heavy atom. The van der Waals surface area contributed by atoms with Crippen molar-refractivity contribution in [1.82, 2.24) is 4.72 Å². The lowest BCUT2D eigenvalue weighted by Crippen LogP contribution is -2.29. The minimum absolute atomic E-state index is 0.238. The van der Waals surface area contributed by atoms with Crippen molar-refractivity contribution in [2.24, 2.45) is 0 Å². The van der Waals surface area contributed by atoms with Gasteiger partial charge in [-0.2, -0.15) is 0 Å². The molecule has 0 aliphatic heterocycles. The first-order valence-corrected chi connectivity index (χ1v) is 12.8. The van der Waals surface area contributed by atoms with Gasteiger partial charge in [-0.3, -0.25) is 4.79 Å². The Morgan fingerprint density at radius 2 is 1.64 bits per heavy atom. The number of esters is 1. The summed E-state index contributed by atoms with van der Waals surface area (Å²) in [6.45, 7) is 1.73. The fraction of sp³-hybridized carbons (Fsp3) is 0.217. The summed E-state index contributed by atoms with van der Waals surface area (Å²) in [5.41, 5.74) is 0.542. The molecule has 0 saturated heterocycles. The van der Waals surface area contributed by atoms with Crippen LogP contribution in [0.4, 0.5) is 5.69 Å². The number of amides is 1. The van der Waals surface area contributed by atoms with Crippen LogP contribution in [0.2, 0.25) is 0 Å². The maximum atomic E-state index is 12.4. The normalized spacial score (nSPS) is 12.1. The van der Waals surface area contributed by atoms with Crippen LogP contribution in [0.5, 0.6) is 11.5 Å². The van der Waals surface area contributed by atoms with Crippen LogP contribution in [0.15, 0.2) is 66.7 Å². The van der Waals surface area contributed by atoms with Crippen LogP contribution < -0.4 is 14.8 Å². The van der Waals surface area contributed by atoms with Gasteiger partial charge in [0.25, 0.3) is 5.91 Å². The summed E-state index contributed by atoms with van der Waals surface area (Å²) in [6.07, 6.45) is 0.532. The molecule has 1 atom stereocenters. The maximum Gasteiger partial charge on any atom is 0.349 e. The van der Waals surface area contributed by atoms with Gasteiger partial charge < -0.3 is 14.8 Å². The molecule has 0 bridgehead atoms. The molecule has 1 amide bonds. The number of sulfonamides is 1. The molecule has 8 nitrogen and oxygen atoms in total. The van der Waals surface area contributed by atoms with E-state index in [0.29, 0.717) is 28.5 Å². The number of para-hydroxylation sites is 1. The van der Waals surface area contributed by atoms with E-state index in [4.69, 9.17) is 9.47 Å². The zero-order chi connectivity index (χ0) is 23.8. The number of benzene rings is 2. The SMILES string of the molecule is CC(OC(=O)c1ccc(CCNS(C)(=O)=O)s1)C(=O)Nc1ccc(Oc2ccccc2)cc1. The highest BCUT2D eigenvalue weighted by Gasteiger charge is 2.20. The Kier molecular flexibility index (Phi) is 8.21. The lowest BCUT2D eigenvalue weighted by molar-refractivity contribution is -0.123. The van der Waals surface area contributed by atoms with Crippen molar-refractivity contribution >= 4 is 38.9 Å². The highest BCUT2D eigenvalue weighted by Crippen LogP contribution is 2.23. The van der Waals surface area contributed by atoms with Crippen molar-refractivity contribution in [3.63, 3.8) is 0 Å². The molecule has 0 radical (unpaired) electrons. The molecule has 174 valence electrons. The van der Waals surface area contributed by atoms with Gasteiger partial charge in [0, 0.05) is 17.1 Å². The van der Waals surface area contributed by atoms with Crippen molar-refractivity contribution in [1.29, 1.82) is 0 Å². The predicted molar refractivity (Wildman–Crippen MR) is 127 cm³/mol. The van der Waals surface area contributed by atoms with Gasteiger partial charge in [0.2, 0.25) is 10.0 Å². The molecular formula is C23H24N2O6S2. The second kappa shape index (κ2) is 11.1. The van der Waals surface area contributed by atoms with Gasteiger partial charge in [0.05, 0.1) is 6.26 Å². The molecule has 33 heavy (non-hydrogen) atoms. The first-order chi connectivity index (χ1) is 15.7. The molecule has 1 aromatic heterocycles. The van der Waals surface area contributed by atoms with Crippen LogP contribution in [-0.2, 0) is 26.0 Å². The van der Waals surface area contributed by atoms with Crippen molar-refractivity contribution in [2.75, 3.05) is 18.1 Å². The van der Waals surface area contributed by atoms with E-state index < -0.39 is 28.0 Å². The van der Waals surface area contributed by atoms with Crippen LogP contribution in [-0.4, -0.2) is 39.2 Å². The molecule has 3 rings (SSSR count). The molecule has 0 aliphatic rings. The Balaban J connectivity index is 1.48. The summed E-state index contributed by atoms with van der Waals surface area (Å²) in [7, 11) is -3.26. The van der Waals surface area contributed by atoms with Gasteiger partial charge in [-0.05, 0) is 61.9 Å². The molecule has 1 heterocycles. The first-order valence-electron chi connectivity index (χ1n) is 10.1. The zero-order valence-corrected chi connectivity index (χ0v) is 19.7.